The average molecular weight is 317 g/mol. The summed E-state index contributed by atoms with van der Waals surface area (Å²) >= 11 is 0. The van der Waals surface area contributed by atoms with Gasteiger partial charge in [0, 0.05) is 12.5 Å². The lowest BCUT2D eigenvalue weighted by Gasteiger charge is -2.28. The van der Waals surface area contributed by atoms with E-state index in [-0.39, 0.29) is 42.3 Å². The minimum absolute atomic E-state index is 0.0283. The molecule has 0 aromatic rings. The fourth-order valence-electron chi connectivity index (χ4n) is 3.24. The lowest BCUT2D eigenvalue weighted by Crippen LogP contribution is -2.43. The van der Waals surface area contributed by atoms with Crippen LogP contribution >= 0.6 is 0 Å². The quantitative estimate of drug-likeness (QED) is 0.699. The van der Waals surface area contributed by atoms with Crippen LogP contribution in [-0.2, 0) is 24.2 Å². The normalized spacial score (nSPS) is 24.9. The summed E-state index contributed by atoms with van der Waals surface area (Å²) in [6, 6.07) is 0.0922. The van der Waals surface area contributed by atoms with Crippen molar-refractivity contribution in [3.63, 3.8) is 0 Å². The van der Waals surface area contributed by atoms with Crippen LogP contribution < -0.4 is 0 Å². The summed E-state index contributed by atoms with van der Waals surface area (Å²) in [6.07, 6.45) is 4.70. The summed E-state index contributed by atoms with van der Waals surface area (Å²) in [6.45, 7) is -0.0283. The number of carbonyl (C=O) groups is 2. The highest BCUT2D eigenvalue weighted by molar-refractivity contribution is 7.91. The number of methoxy groups -OCH3 is 1. The van der Waals surface area contributed by atoms with Crippen molar-refractivity contribution in [2.45, 2.75) is 44.6 Å². The molecule has 1 aliphatic heterocycles. The Morgan fingerprint density at radius 1 is 1.19 bits per heavy atom. The van der Waals surface area contributed by atoms with Gasteiger partial charge in [0.05, 0.1) is 18.6 Å². The van der Waals surface area contributed by atoms with Gasteiger partial charge >= 0.3 is 5.97 Å². The minimum atomic E-state index is -2.98. The van der Waals surface area contributed by atoms with Crippen molar-refractivity contribution in [3.05, 3.63) is 0 Å². The smallest absolute Gasteiger partial charge is 0.325 e. The Bertz CT molecular complexity index is 495. The molecule has 1 amide bonds. The highest BCUT2D eigenvalue weighted by Crippen LogP contribution is 2.27. The number of nitrogens with zero attached hydrogens (tertiary/aromatic N) is 1. The van der Waals surface area contributed by atoms with Crippen molar-refractivity contribution in [1.29, 1.82) is 0 Å². The van der Waals surface area contributed by atoms with Crippen LogP contribution in [0, 0.1) is 5.92 Å². The Morgan fingerprint density at radius 2 is 1.86 bits per heavy atom. The Labute approximate surface area is 125 Å². The van der Waals surface area contributed by atoms with Crippen molar-refractivity contribution < 1.29 is 22.7 Å². The summed E-state index contributed by atoms with van der Waals surface area (Å²) in [7, 11) is -1.67. The van der Waals surface area contributed by atoms with Crippen molar-refractivity contribution >= 4 is 21.7 Å². The number of sulfone groups is 1. The van der Waals surface area contributed by atoms with Gasteiger partial charge < -0.3 is 9.64 Å². The van der Waals surface area contributed by atoms with Crippen LogP contribution in [0.5, 0.6) is 0 Å². The largest absolute Gasteiger partial charge is 0.468 e. The summed E-state index contributed by atoms with van der Waals surface area (Å²) in [5.41, 5.74) is 0. The molecule has 1 aliphatic carbocycles. The van der Waals surface area contributed by atoms with E-state index < -0.39 is 15.8 Å². The number of amides is 1. The van der Waals surface area contributed by atoms with Crippen molar-refractivity contribution in [2.24, 2.45) is 5.92 Å². The number of rotatable bonds is 5. The SMILES string of the molecule is COC(=O)CN(C(=O)CC1CCS(=O)(=O)C1)C1CCCC1. The van der Waals surface area contributed by atoms with E-state index in [0.717, 1.165) is 25.7 Å². The summed E-state index contributed by atoms with van der Waals surface area (Å²) in [5, 5.41) is 0. The second-order valence-corrected chi connectivity index (χ2v) is 8.24. The van der Waals surface area contributed by atoms with Gasteiger partial charge in [0.25, 0.3) is 0 Å². The molecule has 0 aromatic heterocycles. The van der Waals surface area contributed by atoms with E-state index in [1.165, 1.54) is 7.11 Å². The molecule has 1 unspecified atom stereocenters. The first-order valence-electron chi connectivity index (χ1n) is 7.48. The summed E-state index contributed by atoms with van der Waals surface area (Å²) < 4.78 is 27.6. The van der Waals surface area contributed by atoms with E-state index in [9.17, 15) is 18.0 Å². The second-order valence-electron chi connectivity index (χ2n) is 6.01. The van der Waals surface area contributed by atoms with Crippen LogP contribution in [-0.4, -0.2) is 56.4 Å². The molecule has 2 rings (SSSR count). The van der Waals surface area contributed by atoms with Crippen molar-refractivity contribution in [3.8, 4) is 0 Å². The standard InChI is InChI=1S/C14H23NO5S/c1-20-14(17)9-15(12-4-2-3-5-12)13(16)8-11-6-7-21(18,19)10-11/h11-12H,2-10H2,1H3. The molecule has 0 radical (unpaired) electrons. The maximum absolute atomic E-state index is 12.5. The molecule has 0 spiro atoms. The van der Waals surface area contributed by atoms with E-state index in [2.05, 4.69) is 4.74 Å². The Kier molecular flexibility index (Phi) is 5.24. The first-order valence-corrected chi connectivity index (χ1v) is 9.30. The molecular formula is C14H23NO5S. The van der Waals surface area contributed by atoms with Gasteiger partial charge in [0.2, 0.25) is 5.91 Å². The maximum Gasteiger partial charge on any atom is 0.325 e. The van der Waals surface area contributed by atoms with Crippen LogP contribution in [0.1, 0.15) is 38.5 Å². The monoisotopic (exact) mass is 317 g/mol. The van der Waals surface area contributed by atoms with Gasteiger partial charge in [-0.3, -0.25) is 9.59 Å². The molecule has 6 nitrogen and oxygen atoms in total. The predicted molar refractivity (Wildman–Crippen MR) is 77.4 cm³/mol. The Balaban J connectivity index is 1.98. The molecule has 1 heterocycles. The number of carbonyl (C=O) groups excluding carboxylic acids is 2. The van der Waals surface area contributed by atoms with Crippen molar-refractivity contribution in [1.82, 2.24) is 4.90 Å². The van der Waals surface area contributed by atoms with Crippen molar-refractivity contribution in [2.75, 3.05) is 25.2 Å². The van der Waals surface area contributed by atoms with Gasteiger partial charge in [0.15, 0.2) is 9.84 Å². The highest BCUT2D eigenvalue weighted by atomic mass is 32.2. The lowest BCUT2D eigenvalue weighted by atomic mass is 10.0. The number of ether oxygens (including phenoxy) is 1. The zero-order chi connectivity index (χ0) is 15.5. The van der Waals surface area contributed by atoms with Crippen LogP contribution in [0.25, 0.3) is 0 Å². The predicted octanol–water partition coefficient (Wildman–Crippen LogP) is 0.755. The molecule has 0 bridgehead atoms. The molecule has 21 heavy (non-hydrogen) atoms. The molecule has 1 saturated heterocycles. The molecular weight excluding hydrogens is 294 g/mol. The second kappa shape index (κ2) is 6.77. The third kappa shape index (κ3) is 4.43. The lowest BCUT2D eigenvalue weighted by molar-refractivity contribution is -0.148. The third-order valence-electron chi connectivity index (χ3n) is 4.40. The molecule has 0 aromatic carbocycles. The van der Waals surface area contributed by atoms with Gasteiger partial charge in [-0.15, -0.1) is 0 Å². The summed E-state index contributed by atoms with van der Waals surface area (Å²) in [5.74, 6) is -0.381. The fourth-order valence-corrected chi connectivity index (χ4v) is 5.10. The minimum Gasteiger partial charge on any atom is -0.468 e. The number of esters is 1. The summed E-state index contributed by atoms with van der Waals surface area (Å²) in [4.78, 5) is 25.6. The first kappa shape index (κ1) is 16.3. The molecule has 1 saturated carbocycles. The average Bonchev–Trinajstić information content (AvgIpc) is 3.05. The highest BCUT2D eigenvalue weighted by Gasteiger charge is 2.34. The van der Waals surface area contributed by atoms with Gasteiger partial charge in [-0.25, -0.2) is 8.42 Å². The van der Waals surface area contributed by atoms with E-state index in [1.54, 1.807) is 4.90 Å². The third-order valence-corrected chi connectivity index (χ3v) is 6.24. The fraction of sp³-hybridized carbons (Fsp3) is 0.857. The molecule has 7 heteroatoms. The van der Waals surface area contributed by atoms with E-state index in [4.69, 9.17) is 0 Å². The van der Waals surface area contributed by atoms with Gasteiger partial charge in [-0.2, -0.15) is 0 Å². The van der Waals surface area contributed by atoms with Crippen LogP contribution in [0.3, 0.4) is 0 Å². The molecule has 2 fully saturated rings. The van der Waals surface area contributed by atoms with E-state index in [1.807, 2.05) is 0 Å². The van der Waals surface area contributed by atoms with Gasteiger partial charge in [0.1, 0.15) is 6.54 Å². The number of hydrogen-bond acceptors (Lipinski definition) is 5. The van der Waals surface area contributed by atoms with Crippen LogP contribution in [0.15, 0.2) is 0 Å². The molecule has 2 aliphatic rings. The number of hydrogen-bond donors (Lipinski definition) is 0. The molecule has 1 atom stereocenters. The Morgan fingerprint density at radius 3 is 2.38 bits per heavy atom. The van der Waals surface area contributed by atoms with E-state index >= 15 is 0 Å². The zero-order valence-corrected chi connectivity index (χ0v) is 13.2. The van der Waals surface area contributed by atoms with E-state index in [0.29, 0.717) is 6.42 Å². The van der Waals surface area contributed by atoms with Gasteiger partial charge in [-0.1, -0.05) is 12.8 Å². The molecule has 120 valence electrons. The van der Waals surface area contributed by atoms with Crippen LogP contribution in [0.2, 0.25) is 0 Å². The topological polar surface area (TPSA) is 80.8 Å². The van der Waals surface area contributed by atoms with Crippen LogP contribution in [0.4, 0.5) is 0 Å². The molecule has 0 N–H and O–H groups in total. The van der Waals surface area contributed by atoms with Gasteiger partial charge in [-0.05, 0) is 25.2 Å². The zero-order valence-electron chi connectivity index (χ0n) is 12.4. The maximum atomic E-state index is 12.5. The first-order chi connectivity index (χ1) is 9.91. The Hall–Kier alpha value is -1.11.